The van der Waals surface area contributed by atoms with Crippen LogP contribution >= 0.6 is 23.4 Å². The van der Waals surface area contributed by atoms with E-state index in [1.54, 1.807) is 0 Å². The molecule has 0 aliphatic heterocycles. The van der Waals surface area contributed by atoms with Crippen LogP contribution in [0.25, 0.3) is 0 Å². The SMILES string of the molecule is Cc1nc(Cl)nc(SCC(=O)NC2CC2)c1[N+](=O)[O-]. The van der Waals surface area contributed by atoms with Crippen molar-refractivity contribution in [1.82, 2.24) is 15.3 Å². The molecular formula is C10H11ClN4O3S. The third kappa shape index (κ3) is 3.77. The van der Waals surface area contributed by atoms with Gasteiger partial charge in [-0.05, 0) is 31.4 Å². The molecule has 1 fully saturated rings. The summed E-state index contributed by atoms with van der Waals surface area (Å²) in [5.74, 6) is -0.0846. The van der Waals surface area contributed by atoms with Crippen molar-refractivity contribution in [2.24, 2.45) is 0 Å². The molecule has 0 atom stereocenters. The lowest BCUT2D eigenvalue weighted by Crippen LogP contribution is -2.27. The molecule has 7 nitrogen and oxygen atoms in total. The van der Waals surface area contributed by atoms with Crippen LogP contribution in [0.1, 0.15) is 18.5 Å². The van der Waals surface area contributed by atoms with Crippen molar-refractivity contribution in [3.05, 3.63) is 21.1 Å². The first-order chi connectivity index (χ1) is 8.97. The molecule has 1 heterocycles. The van der Waals surface area contributed by atoms with E-state index < -0.39 is 4.92 Å². The van der Waals surface area contributed by atoms with Gasteiger partial charge in [0, 0.05) is 6.04 Å². The normalized spacial score (nSPS) is 14.2. The Morgan fingerprint density at radius 3 is 2.84 bits per heavy atom. The third-order valence-corrected chi connectivity index (χ3v) is 3.60. The van der Waals surface area contributed by atoms with Gasteiger partial charge in [-0.25, -0.2) is 9.97 Å². The maximum atomic E-state index is 11.5. The Bertz CT molecular complexity index is 536. The second kappa shape index (κ2) is 5.70. The number of hydrogen-bond acceptors (Lipinski definition) is 6. The molecule has 0 aromatic carbocycles. The van der Waals surface area contributed by atoms with Crippen LogP contribution in [0.3, 0.4) is 0 Å². The number of nitrogens with one attached hydrogen (secondary N) is 1. The number of amides is 1. The number of nitrogens with zero attached hydrogens (tertiary/aromatic N) is 3. The monoisotopic (exact) mass is 302 g/mol. The van der Waals surface area contributed by atoms with Gasteiger partial charge < -0.3 is 5.32 Å². The largest absolute Gasteiger partial charge is 0.353 e. The number of aryl methyl sites for hydroxylation is 1. The first kappa shape index (κ1) is 14.0. The van der Waals surface area contributed by atoms with Crippen LogP contribution in [-0.4, -0.2) is 32.6 Å². The van der Waals surface area contributed by atoms with E-state index >= 15 is 0 Å². The van der Waals surface area contributed by atoms with Crippen molar-refractivity contribution in [2.45, 2.75) is 30.8 Å². The van der Waals surface area contributed by atoms with E-state index in [2.05, 4.69) is 15.3 Å². The number of hydrogen-bond donors (Lipinski definition) is 1. The lowest BCUT2D eigenvalue weighted by atomic mass is 10.4. The van der Waals surface area contributed by atoms with Crippen LogP contribution in [0.5, 0.6) is 0 Å². The van der Waals surface area contributed by atoms with Crippen LogP contribution in [0.15, 0.2) is 5.03 Å². The van der Waals surface area contributed by atoms with Crippen molar-refractivity contribution < 1.29 is 9.72 Å². The van der Waals surface area contributed by atoms with Gasteiger partial charge in [0.25, 0.3) is 0 Å². The predicted molar refractivity (Wildman–Crippen MR) is 70.3 cm³/mol. The van der Waals surface area contributed by atoms with E-state index in [9.17, 15) is 14.9 Å². The highest BCUT2D eigenvalue weighted by Gasteiger charge is 2.25. The van der Waals surface area contributed by atoms with Crippen molar-refractivity contribution in [2.75, 3.05) is 5.75 Å². The second-order valence-electron chi connectivity index (χ2n) is 4.12. The van der Waals surface area contributed by atoms with Crippen molar-refractivity contribution in [1.29, 1.82) is 0 Å². The lowest BCUT2D eigenvalue weighted by molar-refractivity contribution is -0.389. The van der Waals surface area contributed by atoms with Gasteiger partial charge in [-0.1, -0.05) is 11.8 Å². The van der Waals surface area contributed by atoms with Crippen molar-refractivity contribution in [3.8, 4) is 0 Å². The molecule has 1 aromatic rings. The number of aromatic nitrogens is 2. The molecule has 2 rings (SSSR count). The maximum Gasteiger partial charge on any atom is 0.322 e. The molecule has 102 valence electrons. The van der Waals surface area contributed by atoms with Crippen LogP contribution in [0.4, 0.5) is 5.69 Å². The molecule has 19 heavy (non-hydrogen) atoms. The van der Waals surface area contributed by atoms with E-state index in [1.807, 2.05) is 0 Å². The van der Waals surface area contributed by atoms with Gasteiger partial charge in [-0.2, -0.15) is 0 Å². The molecule has 0 radical (unpaired) electrons. The zero-order chi connectivity index (χ0) is 14.0. The number of carbonyl (C=O) groups excluding carboxylic acids is 1. The summed E-state index contributed by atoms with van der Waals surface area (Å²) in [7, 11) is 0. The molecule has 1 N–H and O–H groups in total. The molecule has 0 unspecified atom stereocenters. The molecule has 0 saturated heterocycles. The molecule has 1 aliphatic carbocycles. The van der Waals surface area contributed by atoms with Gasteiger partial charge >= 0.3 is 5.69 Å². The van der Waals surface area contributed by atoms with Gasteiger partial charge in [0.05, 0.1) is 10.7 Å². The Labute approximate surface area is 118 Å². The van der Waals surface area contributed by atoms with Gasteiger partial charge in [-0.3, -0.25) is 14.9 Å². The molecular weight excluding hydrogens is 292 g/mol. The van der Waals surface area contributed by atoms with E-state index in [1.165, 1.54) is 6.92 Å². The summed E-state index contributed by atoms with van der Waals surface area (Å²) in [4.78, 5) is 29.5. The maximum absolute atomic E-state index is 11.5. The standard InChI is InChI=1S/C10H11ClN4O3S/c1-5-8(15(17)18)9(14-10(11)12-5)19-4-7(16)13-6-2-3-6/h6H,2-4H2,1H3,(H,13,16). The molecule has 1 amide bonds. The molecule has 1 saturated carbocycles. The molecule has 1 aliphatic rings. The second-order valence-corrected chi connectivity index (χ2v) is 5.42. The predicted octanol–water partition coefficient (Wildman–Crippen LogP) is 1.72. The summed E-state index contributed by atoms with van der Waals surface area (Å²) in [5, 5.41) is 13.8. The fourth-order valence-electron chi connectivity index (χ4n) is 1.45. The minimum Gasteiger partial charge on any atom is -0.353 e. The Balaban J connectivity index is 2.09. The molecule has 0 spiro atoms. The topological polar surface area (TPSA) is 98.0 Å². The highest BCUT2D eigenvalue weighted by molar-refractivity contribution is 8.00. The highest BCUT2D eigenvalue weighted by atomic mass is 35.5. The van der Waals surface area contributed by atoms with Crippen LogP contribution in [0, 0.1) is 17.0 Å². The quantitative estimate of drug-likeness (QED) is 0.292. The first-order valence-corrected chi connectivity index (χ1v) is 6.94. The van der Waals surface area contributed by atoms with Crippen LogP contribution in [0.2, 0.25) is 5.28 Å². The summed E-state index contributed by atoms with van der Waals surface area (Å²) < 4.78 is 0. The zero-order valence-electron chi connectivity index (χ0n) is 10.1. The minimum atomic E-state index is -0.563. The number of halogens is 1. The van der Waals surface area contributed by atoms with E-state index in [4.69, 9.17) is 11.6 Å². The Kier molecular flexibility index (Phi) is 4.20. The summed E-state index contributed by atoms with van der Waals surface area (Å²) in [5.41, 5.74) is -0.0104. The number of rotatable bonds is 5. The smallest absolute Gasteiger partial charge is 0.322 e. The van der Waals surface area contributed by atoms with Crippen LogP contribution in [-0.2, 0) is 4.79 Å². The van der Waals surface area contributed by atoms with E-state index in [-0.39, 0.29) is 39.4 Å². The third-order valence-electron chi connectivity index (χ3n) is 2.46. The average molecular weight is 303 g/mol. The fraction of sp³-hybridized carbons (Fsp3) is 0.500. The van der Waals surface area contributed by atoms with E-state index in [0.717, 1.165) is 24.6 Å². The fourth-order valence-corrected chi connectivity index (χ4v) is 2.57. The zero-order valence-corrected chi connectivity index (χ0v) is 11.6. The molecule has 0 bridgehead atoms. The number of nitro groups is 1. The summed E-state index contributed by atoms with van der Waals surface area (Å²) in [6, 6.07) is 0.263. The highest BCUT2D eigenvalue weighted by Crippen LogP contribution is 2.30. The van der Waals surface area contributed by atoms with Gasteiger partial charge in [0.1, 0.15) is 5.69 Å². The Morgan fingerprint density at radius 1 is 1.58 bits per heavy atom. The van der Waals surface area contributed by atoms with Crippen LogP contribution < -0.4 is 5.32 Å². The lowest BCUT2D eigenvalue weighted by Gasteiger charge is -2.05. The van der Waals surface area contributed by atoms with Crippen molar-refractivity contribution >= 4 is 35.0 Å². The van der Waals surface area contributed by atoms with Gasteiger partial charge in [-0.15, -0.1) is 0 Å². The molecule has 1 aromatic heterocycles. The summed E-state index contributed by atoms with van der Waals surface area (Å²) in [6.45, 7) is 1.49. The van der Waals surface area contributed by atoms with E-state index in [0.29, 0.717) is 0 Å². The van der Waals surface area contributed by atoms with Crippen molar-refractivity contribution in [3.63, 3.8) is 0 Å². The minimum absolute atomic E-state index is 0.0619. The summed E-state index contributed by atoms with van der Waals surface area (Å²) >= 11 is 6.67. The Hall–Kier alpha value is -1.41. The number of carbonyl (C=O) groups is 1. The average Bonchev–Trinajstić information content (AvgIpc) is 3.08. The summed E-state index contributed by atoms with van der Waals surface area (Å²) in [6.07, 6.45) is 1.99. The Morgan fingerprint density at radius 2 is 2.26 bits per heavy atom. The molecule has 9 heteroatoms. The van der Waals surface area contributed by atoms with Gasteiger partial charge in [0.2, 0.25) is 11.2 Å². The number of thioether (sulfide) groups is 1. The first-order valence-electron chi connectivity index (χ1n) is 5.58. The van der Waals surface area contributed by atoms with Gasteiger partial charge in [0.15, 0.2) is 5.03 Å².